The van der Waals surface area contributed by atoms with Crippen LogP contribution in [-0.4, -0.2) is 15.5 Å². The van der Waals surface area contributed by atoms with E-state index < -0.39 is 0 Å². The Hall–Kier alpha value is -1.93. The van der Waals surface area contributed by atoms with Crippen molar-refractivity contribution in [2.75, 3.05) is 0 Å². The minimum atomic E-state index is 0.0140. The molecule has 0 saturated carbocycles. The fraction of sp³-hybridized carbons (Fsp3) is 0.333. The van der Waals surface area contributed by atoms with Gasteiger partial charge in [0.05, 0.1) is 11.4 Å². The number of aliphatic imine (C=N–C) groups is 1. The van der Waals surface area contributed by atoms with Gasteiger partial charge in [0.25, 0.3) is 0 Å². The zero-order valence-electron chi connectivity index (χ0n) is 9.56. The molecule has 0 fully saturated rings. The van der Waals surface area contributed by atoms with Crippen LogP contribution in [0.15, 0.2) is 29.5 Å². The molecular weight excluding hydrogens is 202 g/mol. The zero-order chi connectivity index (χ0) is 11.8. The summed E-state index contributed by atoms with van der Waals surface area (Å²) in [5.41, 5.74) is 2.40. The molecule has 2 aromatic heterocycles. The van der Waals surface area contributed by atoms with Gasteiger partial charge in [0, 0.05) is 23.9 Å². The van der Waals surface area contributed by atoms with Crippen molar-refractivity contribution in [3.05, 3.63) is 30.2 Å². The number of fused-ring (bicyclic) bond motifs is 1. The van der Waals surface area contributed by atoms with Crippen LogP contribution in [0.5, 0.6) is 0 Å². The lowest BCUT2D eigenvalue weighted by Gasteiger charge is -2.13. The molecule has 2 heterocycles. The first-order chi connectivity index (χ1) is 7.50. The Morgan fingerprint density at radius 2 is 2.19 bits per heavy atom. The van der Waals surface area contributed by atoms with Gasteiger partial charge in [0.15, 0.2) is 0 Å². The maximum Gasteiger partial charge on any atom is 0.240 e. The van der Waals surface area contributed by atoms with Crippen molar-refractivity contribution >= 4 is 17.4 Å². The number of carbonyl (C=O) groups excluding carboxylic acids is 1. The van der Waals surface area contributed by atoms with Crippen molar-refractivity contribution in [2.45, 2.75) is 26.2 Å². The molecule has 0 bridgehead atoms. The highest BCUT2D eigenvalue weighted by atomic mass is 16.1. The lowest BCUT2D eigenvalue weighted by Crippen LogP contribution is -2.11. The molecule has 2 rings (SSSR count). The molecule has 0 aliphatic carbocycles. The standard InChI is InChI=1S/C12H13N3O/c1-12(2,3)10-7-15-5-4-9(13-8-16)6-11(15)14-10/h4-7H,1-3H3. The van der Waals surface area contributed by atoms with Gasteiger partial charge < -0.3 is 4.40 Å². The van der Waals surface area contributed by atoms with Crippen LogP contribution in [0.1, 0.15) is 26.5 Å². The lowest BCUT2D eigenvalue weighted by molar-refractivity contribution is 0.565. The molecule has 82 valence electrons. The van der Waals surface area contributed by atoms with Gasteiger partial charge in [-0.05, 0) is 6.07 Å². The van der Waals surface area contributed by atoms with Crippen LogP contribution in [0.4, 0.5) is 5.69 Å². The molecule has 4 nitrogen and oxygen atoms in total. The minimum Gasteiger partial charge on any atom is -0.307 e. The van der Waals surface area contributed by atoms with E-state index in [1.165, 1.54) is 6.08 Å². The predicted octanol–water partition coefficient (Wildman–Crippen LogP) is 2.60. The van der Waals surface area contributed by atoms with Crippen molar-refractivity contribution < 1.29 is 4.79 Å². The van der Waals surface area contributed by atoms with Crippen LogP contribution >= 0.6 is 0 Å². The van der Waals surface area contributed by atoms with Gasteiger partial charge in [-0.1, -0.05) is 20.8 Å². The Balaban J connectivity index is 2.58. The molecule has 0 amide bonds. The highest BCUT2D eigenvalue weighted by Gasteiger charge is 2.17. The second kappa shape index (κ2) is 3.58. The average Bonchev–Trinajstić information content (AvgIpc) is 2.60. The molecule has 4 heteroatoms. The van der Waals surface area contributed by atoms with Gasteiger partial charge in [0.1, 0.15) is 5.65 Å². The summed E-state index contributed by atoms with van der Waals surface area (Å²) in [6, 6.07) is 3.52. The van der Waals surface area contributed by atoms with E-state index >= 15 is 0 Å². The summed E-state index contributed by atoms with van der Waals surface area (Å²) in [6.07, 6.45) is 5.35. The smallest absolute Gasteiger partial charge is 0.240 e. The second-order valence-electron chi connectivity index (χ2n) is 4.73. The van der Waals surface area contributed by atoms with E-state index in [1.54, 1.807) is 12.1 Å². The van der Waals surface area contributed by atoms with Crippen LogP contribution in [0, 0.1) is 0 Å². The summed E-state index contributed by atoms with van der Waals surface area (Å²) < 4.78 is 1.92. The summed E-state index contributed by atoms with van der Waals surface area (Å²) in [5.74, 6) is 0. The number of aromatic nitrogens is 2. The first-order valence-electron chi connectivity index (χ1n) is 5.08. The molecule has 0 unspecified atom stereocenters. The van der Waals surface area contributed by atoms with E-state index in [9.17, 15) is 4.79 Å². The number of hydrogen-bond donors (Lipinski definition) is 0. The third-order valence-corrected chi connectivity index (χ3v) is 2.39. The number of pyridine rings is 1. The van der Waals surface area contributed by atoms with E-state index in [-0.39, 0.29) is 5.41 Å². The molecule has 0 aromatic carbocycles. The van der Waals surface area contributed by atoms with Crippen molar-refractivity contribution in [1.82, 2.24) is 9.38 Å². The summed E-state index contributed by atoms with van der Waals surface area (Å²) in [6.45, 7) is 6.33. The quantitative estimate of drug-likeness (QED) is 0.542. The summed E-state index contributed by atoms with van der Waals surface area (Å²) in [4.78, 5) is 18.2. The summed E-state index contributed by atoms with van der Waals surface area (Å²) >= 11 is 0. The third kappa shape index (κ3) is 1.88. The maximum atomic E-state index is 10.2. The molecule has 0 radical (unpaired) electrons. The van der Waals surface area contributed by atoms with E-state index in [0.717, 1.165) is 11.3 Å². The fourth-order valence-electron chi connectivity index (χ4n) is 1.45. The SMILES string of the molecule is CC(C)(C)c1cn2ccc(N=C=O)cc2n1. The number of nitrogens with zero attached hydrogens (tertiary/aromatic N) is 3. The normalized spacial score (nSPS) is 11.4. The van der Waals surface area contributed by atoms with Crippen LogP contribution in [0.2, 0.25) is 0 Å². The highest BCUT2D eigenvalue weighted by Crippen LogP contribution is 2.23. The molecule has 2 aromatic rings. The number of hydrogen-bond acceptors (Lipinski definition) is 3. The maximum absolute atomic E-state index is 10.2. The van der Waals surface area contributed by atoms with Crippen LogP contribution in [0.25, 0.3) is 5.65 Å². The van der Waals surface area contributed by atoms with E-state index in [4.69, 9.17) is 0 Å². The van der Waals surface area contributed by atoms with Crippen LogP contribution < -0.4 is 0 Å². The van der Waals surface area contributed by atoms with E-state index in [2.05, 4.69) is 30.7 Å². The monoisotopic (exact) mass is 215 g/mol. The topological polar surface area (TPSA) is 46.7 Å². The Labute approximate surface area is 93.7 Å². The molecular formula is C12H13N3O. The molecule has 0 atom stereocenters. The Kier molecular flexibility index (Phi) is 2.37. The third-order valence-electron chi connectivity index (χ3n) is 2.39. The van der Waals surface area contributed by atoms with E-state index in [1.807, 2.05) is 16.8 Å². The molecule has 0 spiro atoms. The Morgan fingerprint density at radius 3 is 2.81 bits per heavy atom. The van der Waals surface area contributed by atoms with Crippen molar-refractivity contribution in [2.24, 2.45) is 4.99 Å². The van der Waals surface area contributed by atoms with Gasteiger partial charge in [-0.2, -0.15) is 4.99 Å². The van der Waals surface area contributed by atoms with Crippen LogP contribution in [-0.2, 0) is 10.2 Å². The van der Waals surface area contributed by atoms with Crippen molar-refractivity contribution in [1.29, 1.82) is 0 Å². The number of imidazole rings is 1. The predicted molar refractivity (Wildman–Crippen MR) is 61.7 cm³/mol. The van der Waals surface area contributed by atoms with Gasteiger partial charge in [-0.15, -0.1) is 0 Å². The first-order valence-corrected chi connectivity index (χ1v) is 5.08. The average molecular weight is 215 g/mol. The fourth-order valence-corrected chi connectivity index (χ4v) is 1.45. The summed E-state index contributed by atoms with van der Waals surface area (Å²) in [7, 11) is 0. The van der Waals surface area contributed by atoms with Gasteiger partial charge in [-0.3, -0.25) is 0 Å². The second-order valence-corrected chi connectivity index (χ2v) is 4.73. The van der Waals surface area contributed by atoms with Gasteiger partial charge >= 0.3 is 0 Å². The highest BCUT2D eigenvalue weighted by molar-refractivity contribution is 5.56. The molecule has 0 saturated heterocycles. The first kappa shape index (κ1) is 10.6. The molecule has 0 N–H and O–H groups in total. The lowest BCUT2D eigenvalue weighted by atomic mass is 9.93. The molecule has 16 heavy (non-hydrogen) atoms. The molecule has 0 aliphatic rings. The minimum absolute atomic E-state index is 0.0140. The number of isocyanates is 1. The Bertz CT molecular complexity index is 571. The largest absolute Gasteiger partial charge is 0.307 e. The zero-order valence-corrected chi connectivity index (χ0v) is 9.56. The van der Waals surface area contributed by atoms with Gasteiger partial charge in [-0.25, -0.2) is 9.78 Å². The van der Waals surface area contributed by atoms with Crippen LogP contribution in [0.3, 0.4) is 0 Å². The van der Waals surface area contributed by atoms with E-state index in [0.29, 0.717) is 5.69 Å². The van der Waals surface area contributed by atoms with Crippen molar-refractivity contribution in [3.63, 3.8) is 0 Å². The Morgan fingerprint density at radius 1 is 1.44 bits per heavy atom. The van der Waals surface area contributed by atoms with Crippen molar-refractivity contribution in [3.8, 4) is 0 Å². The van der Waals surface area contributed by atoms with Gasteiger partial charge in [0.2, 0.25) is 6.08 Å². The molecule has 0 aliphatic heterocycles. The summed E-state index contributed by atoms with van der Waals surface area (Å²) in [5, 5.41) is 0. The number of rotatable bonds is 1.